The Morgan fingerprint density at radius 2 is 2.06 bits per heavy atom. The Morgan fingerprint density at radius 3 is 2.35 bits per heavy atom. The second kappa shape index (κ2) is 6.89. The van der Waals surface area contributed by atoms with Crippen LogP contribution in [0.2, 0.25) is 0 Å². The minimum absolute atomic E-state index is 0.140. The van der Waals surface area contributed by atoms with E-state index in [0.717, 1.165) is 6.08 Å². The van der Waals surface area contributed by atoms with Crippen LogP contribution in [0.4, 0.5) is 5.69 Å². The summed E-state index contributed by atoms with van der Waals surface area (Å²) in [4.78, 5) is 20.2. The Hall–Kier alpha value is -2.50. The van der Waals surface area contributed by atoms with Gasteiger partial charge in [-0.2, -0.15) is 0 Å². The van der Waals surface area contributed by atoms with E-state index in [-0.39, 0.29) is 11.3 Å². The van der Waals surface area contributed by atoms with Crippen LogP contribution in [0.25, 0.3) is 0 Å². The summed E-state index contributed by atoms with van der Waals surface area (Å²) in [5, 5.41) is 17.5. The van der Waals surface area contributed by atoms with Gasteiger partial charge in [-0.1, -0.05) is 6.58 Å². The van der Waals surface area contributed by atoms with E-state index >= 15 is 0 Å². The van der Waals surface area contributed by atoms with E-state index in [1.54, 1.807) is 0 Å². The van der Waals surface area contributed by atoms with Gasteiger partial charge in [0.25, 0.3) is 0 Å². The van der Waals surface area contributed by atoms with Gasteiger partial charge in [-0.15, -0.1) is 0 Å². The van der Waals surface area contributed by atoms with Gasteiger partial charge >= 0.3 is 11.9 Å². The average Bonchev–Trinajstić information content (AvgIpc) is 2.28. The van der Waals surface area contributed by atoms with Crippen LogP contribution in [0.3, 0.4) is 0 Å². The maximum Gasteiger partial charge on any atom is 0.339 e. The lowest BCUT2D eigenvalue weighted by molar-refractivity contribution is -0.134. The molecule has 0 aliphatic rings. The Labute approximate surface area is 97.9 Å². The molecule has 0 heterocycles. The number of phenols is 1. The van der Waals surface area contributed by atoms with Gasteiger partial charge in [-0.25, -0.2) is 9.59 Å². The maximum atomic E-state index is 10.3. The van der Waals surface area contributed by atoms with Crippen LogP contribution >= 0.6 is 0 Å². The molecule has 0 atom stereocenters. The highest BCUT2D eigenvalue weighted by atomic mass is 16.5. The fourth-order valence-electron chi connectivity index (χ4n) is 0.813. The van der Waals surface area contributed by atoms with E-state index < -0.39 is 11.9 Å². The molecule has 0 bridgehead atoms. The fraction of sp³-hybridized carbons (Fsp3) is 0.0909. The van der Waals surface area contributed by atoms with Crippen molar-refractivity contribution >= 4 is 17.6 Å². The van der Waals surface area contributed by atoms with Crippen molar-refractivity contribution in [2.24, 2.45) is 0 Å². The number of ether oxygens (including phenoxy) is 1. The van der Waals surface area contributed by atoms with Crippen LogP contribution in [0.15, 0.2) is 30.9 Å². The summed E-state index contributed by atoms with van der Waals surface area (Å²) in [6.45, 7) is 3.16. The lowest BCUT2D eigenvalue weighted by Crippen LogP contribution is -1.97. The predicted molar refractivity (Wildman–Crippen MR) is 61.7 cm³/mol. The Kier molecular flexibility index (Phi) is 5.87. The normalized spacial score (nSPS) is 8.53. The molecule has 4 N–H and O–H groups in total. The van der Waals surface area contributed by atoms with Crippen molar-refractivity contribution in [3.05, 3.63) is 36.4 Å². The van der Waals surface area contributed by atoms with Crippen molar-refractivity contribution in [3.8, 4) is 5.75 Å². The Balaban J connectivity index is 0.000000366. The largest absolute Gasteiger partial charge is 0.507 e. The summed E-state index contributed by atoms with van der Waals surface area (Å²) in [5.74, 6) is -1.87. The molecule has 0 aliphatic carbocycles. The lowest BCUT2D eigenvalue weighted by Gasteiger charge is -1.98. The summed E-state index contributed by atoms with van der Waals surface area (Å²) in [6, 6.07) is 3.87. The van der Waals surface area contributed by atoms with E-state index in [9.17, 15) is 9.59 Å². The van der Waals surface area contributed by atoms with Gasteiger partial charge in [0.15, 0.2) is 0 Å². The molecule has 0 unspecified atom stereocenters. The molecule has 1 rings (SSSR count). The molecule has 1 aromatic carbocycles. The molecule has 0 aromatic heterocycles. The van der Waals surface area contributed by atoms with Crippen molar-refractivity contribution in [1.82, 2.24) is 0 Å². The number of hydrogen-bond donors (Lipinski definition) is 3. The molecule has 0 radical (unpaired) electrons. The first-order chi connectivity index (χ1) is 7.92. The number of nitrogen functional groups attached to an aromatic ring is 1. The van der Waals surface area contributed by atoms with Gasteiger partial charge in [-0.3, -0.25) is 0 Å². The fourth-order valence-corrected chi connectivity index (χ4v) is 0.813. The molecule has 0 amide bonds. The molecule has 6 heteroatoms. The third kappa shape index (κ3) is 5.22. The minimum Gasteiger partial charge on any atom is -0.507 e. The molecule has 1 aromatic rings. The van der Waals surface area contributed by atoms with Crippen LogP contribution in [0.1, 0.15) is 10.4 Å². The Bertz CT molecular complexity index is 428. The standard InChI is InChI=1S/C7H7NO3.C4H6O2/c8-4-1-2-5(7(10)11)6(9)3-4;1-3-4(5)6-2/h1-3,9H,8H2,(H,10,11);3H,1H2,2H3. The van der Waals surface area contributed by atoms with Crippen LogP contribution in [-0.2, 0) is 9.53 Å². The molecule has 0 fully saturated rings. The first-order valence-electron chi connectivity index (χ1n) is 4.44. The van der Waals surface area contributed by atoms with E-state index in [1.807, 2.05) is 0 Å². The monoisotopic (exact) mass is 239 g/mol. The number of esters is 1. The van der Waals surface area contributed by atoms with E-state index in [4.69, 9.17) is 15.9 Å². The topological polar surface area (TPSA) is 110 Å². The molecule has 0 saturated heterocycles. The molecule has 92 valence electrons. The minimum atomic E-state index is -1.16. The number of nitrogens with two attached hydrogens (primary N) is 1. The molecular weight excluding hydrogens is 226 g/mol. The Morgan fingerprint density at radius 1 is 1.47 bits per heavy atom. The van der Waals surface area contributed by atoms with Crippen molar-refractivity contribution < 1.29 is 24.5 Å². The van der Waals surface area contributed by atoms with Gasteiger partial charge in [0.05, 0.1) is 7.11 Å². The van der Waals surface area contributed by atoms with E-state index in [1.165, 1.54) is 25.3 Å². The SMILES string of the molecule is C=CC(=O)OC.Nc1ccc(C(=O)O)c(O)c1. The highest BCUT2D eigenvalue weighted by Gasteiger charge is 2.07. The molecule has 0 aliphatic heterocycles. The van der Waals surface area contributed by atoms with E-state index in [0.29, 0.717) is 5.69 Å². The van der Waals surface area contributed by atoms with Crippen molar-refractivity contribution in [3.63, 3.8) is 0 Å². The molecule has 0 spiro atoms. The second-order valence-electron chi connectivity index (χ2n) is 2.81. The number of carboxylic acids is 1. The quantitative estimate of drug-likeness (QED) is 0.403. The maximum absolute atomic E-state index is 10.3. The highest BCUT2D eigenvalue weighted by molar-refractivity contribution is 5.91. The summed E-state index contributed by atoms with van der Waals surface area (Å²) in [6.07, 6.45) is 1.11. The molecule has 17 heavy (non-hydrogen) atoms. The zero-order chi connectivity index (χ0) is 13.4. The van der Waals surface area contributed by atoms with Gasteiger partial charge in [0, 0.05) is 17.8 Å². The first-order valence-corrected chi connectivity index (χ1v) is 4.44. The predicted octanol–water partition coefficient (Wildman–Crippen LogP) is 1.02. The van der Waals surface area contributed by atoms with Crippen molar-refractivity contribution in [2.45, 2.75) is 0 Å². The number of methoxy groups -OCH3 is 1. The number of carboxylic acid groups (broad SMARTS) is 1. The van der Waals surface area contributed by atoms with Crippen LogP contribution in [-0.4, -0.2) is 29.3 Å². The summed E-state index contributed by atoms with van der Waals surface area (Å²) in [7, 11) is 1.31. The summed E-state index contributed by atoms with van der Waals surface area (Å²) in [5.41, 5.74) is 5.48. The van der Waals surface area contributed by atoms with E-state index in [2.05, 4.69) is 11.3 Å². The van der Waals surface area contributed by atoms with Crippen LogP contribution in [0, 0.1) is 0 Å². The summed E-state index contributed by atoms with van der Waals surface area (Å²) < 4.78 is 4.14. The van der Waals surface area contributed by atoms with Gasteiger partial charge in [-0.05, 0) is 12.1 Å². The van der Waals surface area contributed by atoms with Crippen molar-refractivity contribution in [1.29, 1.82) is 0 Å². The number of aromatic hydroxyl groups is 1. The third-order valence-corrected chi connectivity index (χ3v) is 1.62. The van der Waals surface area contributed by atoms with Crippen LogP contribution < -0.4 is 5.73 Å². The number of rotatable bonds is 2. The molecular formula is C11H13NO5. The first kappa shape index (κ1) is 14.5. The zero-order valence-electron chi connectivity index (χ0n) is 9.21. The molecule has 6 nitrogen and oxygen atoms in total. The second-order valence-corrected chi connectivity index (χ2v) is 2.81. The number of anilines is 1. The highest BCUT2D eigenvalue weighted by Crippen LogP contribution is 2.19. The van der Waals surface area contributed by atoms with Gasteiger partial charge < -0.3 is 20.7 Å². The third-order valence-electron chi connectivity index (χ3n) is 1.62. The van der Waals surface area contributed by atoms with Crippen LogP contribution in [0.5, 0.6) is 5.75 Å². The zero-order valence-corrected chi connectivity index (χ0v) is 9.21. The smallest absolute Gasteiger partial charge is 0.339 e. The number of carbonyl (C=O) groups excluding carboxylic acids is 1. The number of benzene rings is 1. The summed E-state index contributed by atoms with van der Waals surface area (Å²) >= 11 is 0. The number of aromatic carboxylic acids is 1. The number of hydrogen-bond acceptors (Lipinski definition) is 5. The average molecular weight is 239 g/mol. The lowest BCUT2D eigenvalue weighted by atomic mass is 10.2. The van der Waals surface area contributed by atoms with Gasteiger partial charge in [0.2, 0.25) is 0 Å². The van der Waals surface area contributed by atoms with Gasteiger partial charge in [0.1, 0.15) is 11.3 Å². The number of carbonyl (C=O) groups is 2. The molecule has 0 saturated carbocycles. The van der Waals surface area contributed by atoms with Crippen molar-refractivity contribution in [2.75, 3.05) is 12.8 Å².